The van der Waals surface area contributed by atoms with Crippen molar-refractivity contribution in [2.24, 2.45) is 11.8 Å². The van der Waals surface area contributed by atoms with Gasteiger partial charge in [-0.2, -0.15) is 0 Å². The minimum Gasteiger partial charge on any atom is -0.473 e. The van der Waals surface area contributed by atoms with Gasteiger partial charge in [-0.1, -0.05) is 12.1 Å². The molecule has 0 radical (unpaired) electrons. The van der Waals surface area contributed by atoms with Gasteiger partial charge in [0.25, 0.3) is 0 Å². The van der Waals surface area contributed by atoms with E-state index in [1.807, 2.05) is 6.07 Å². The monoisotopic (exact) mass is 460 g/mol. The van der Waals surface area contributed by atoms with Gasteiger partial charge in [0.1, 0.15) is 18.2 Å². The molecule has 0 amide bonds. The fraction of sp³-hybridized carbons (Fsp3) is 0.296. The molecule has 34 heavy (non-hydrogen) atoms. The third kappa shape index (κ3) is 3.79. The number of pyridine rings is 1. The lowest BCUT2D eigenvalue weighted by molar-refractivity contribution is -0.145. The predicted octanol–water partition coefficient (Wildman–Crippen LogP) is 5.91. The van der Waals surface area contributed by atoms with Gasteiger partial charge in [-0.15, -0.1) is 0 Å². The lowest BCUT2D eigenvalue weighted by Crippen LogP contribution is -2.11. The van der Waals surface area contributed by atoms with Crippen LogP contribution in [-0.4, -0.2) is 17.6 Å². The average Bonchev–Trinajstić information content (AvgIpc) is 3.40. The summed E-state index contributed by atoms with van der Waals surface area (Å²) in [5.41, 5.74) is 4.06. The summed E-state index contributed by atoms with van der Waals surface area (Å²) in [4.78, 5) is 19.6. The number of nitrogens with zero attached hydrogens (tertiary/aromatic N) is 2. The van der Waals surface area contributed by atoms with E-state index in [1.165, 1.54) is 24.3 Å². The maximum absolute atomic E-state index is 14.6. The number of hydrogen-bond acceptors (Lipinski definition) is 4. The van der Waals surface area contributed by atoms with Gasteiger partial charge in [0.15, 0.2) is 5.69 Å². The molecule has 5 rings (SSSR count). The molecule has 3 atom stereocenters. The van der Waals surface area contributed by atoms with Gasteiger partial charge in [-0.25, -0.2) is 18.6 Å². The summed E-state index contributed by atoms with van der Waals surface area (Å²) < 4.78 is 40.1. The number of benzene rings is 2. The Hall–Kier alpha value is -3.79. The number of ether oxygens (including phenoxy) is 2. The summed E-state index contributed by atoms with van der Waals surface area (Å²) in [7, 11) is 0. The number of esters is 1. The van der Waals surface area contributed by atoms with Crippen LogP contribution in [-0.2, 0) is 22.6 Å². The molecule has 0 spiro atoms. The van der Waals surface area contributed by atoms with Gasteiger partial charge >= 0.3 is 5.97 Å². The van der Waals surface area contributed by atoms with Crippen molar-refractivity contribution in [2.45, 2.75) is 32.8 Å². The van der Waals surface area contributed by atoms with Crippen LogP contribution in [0.5, 0.6) is 5.88 Å². The Labute approximate surface area is 196 Å². The molecule has 0 unspecified atom stereocenters. The SMILES string of the molecule is [C-]#[N+]c1ccc(-c2cc(COc3cc4c(cn3)[C@H]3[C@@H](C4)[C@@H]3C(=O)OCC)c(F)cc2C)c(F)c1. The highest BCUT2D eigenvalue weighted by Gasteiger charge is 2.60. The molecule has 2 aliphatic carbocycles. The lowest BCUT2D eigenvalue weighted by atomic mass is 9.97. The summed E-state index contributed by atoms with van der Waals surface area (Å²) in [5.74, 6) is -0.403. The molecule has 5 nitrogen and oxygen atoms in total. The third-order valence-electron chi connectivity index (χ3n) is 6.68. The number of halogens is 2. The molecule has 1 heterocycles. The maximum Gasteiger partial charge on any atom is 0.309 e. The van der Waals surface area contributed by atoms with Crippen molar-refractivity contribution in [3.8, 4) is 17.0 Å². The molecular formula is C27H22F2N2O3. The van der Waals surface area contributed by atoms with E-state index in [0.717, 1.165) is 17.5 Å². The van der Waals surface area contributed by atoms with Gasteiger partial charge in [0.2, 0.25) is 5.88 Å². The number of carbonyl (C=O) groups is 1. The van der Waals surface area contributed by atoms with Crippen LogP contribution in [0.2, 0.25) is 0 Å². The first-order valence-corrected chi connectivity index (χ1v) is 11.2. The standard InChI is InChI=1S/C27H22F2N2O3/c1-4-33-27(32)26-20-8-15-10-24(31-12-21(15)25(20)26)34-13-16-9-19(14(2)7-22(16)28)18-6-5-17(30-3)11-23(18)29/h5-7,9-12,20,25-26H,4,8,13H2,1-2H3/t20-,25-,26+/m1/s1. The lowest BCUT2D eigenvalue weighted by Gasteiger charge is -2.13. The Morgan fingerprint density at radius 3 is 2.74 bits per heavy atom. The van der Waals surface area contributed by atoms with Crippen LogP contribution in [0.3, 0.4) is 0 Å². The second-order valence-corrected chi connectivity index (χ2v) is 8.72. The quantitative estimate of drug-likeness (QED) is 0.339. The van der Waals surface area contributed by atoms with E-state index in [2.05, 4.69) is 9.83 Å². The Morgan fingerprint density at radius 2 is 2.00 bits per heavy atom. The summed E-state index contributed by atoms with van der Waals surface area (Å²) in [5, 5.41) is 0. The van der Waals surface area contributed by atoms with Crippen molar-refractivity contribution >= 4 is 11.7 Å². The highest BCUT2D eigenvalue weighted by atomic mass is 19.1. The number of fused-ring (bicyclic) bond motifs is 3. The van der Waals surface area contributed by atoms with Crippen LogP contribution in [0.4, 0.5) is 14.5 Å². The molecule has 0 N–H and O–H groups in total. The highest BCUT2D eigenvalue weighted by Crippen LogP contribution is 2.61. The number of rotatable bonds is 6. The average molecular weight is 460 g/mol. The van der Waals surface area contributed by atoms with Crippen LogP contribution in [0.1, 0.15) is 35.1 Å². The fourth-order valence-corrected chi connectivity index (χ4v) is 4.97. The Morgan fingerprint density at radius 1 is 1.18 bits per heavy atom. The van der Waals surface area contributed by atoms with E-state index >= 15 is 0 Å². The van der Waals surface area contributed by atoms with Crippen molar-refractivity contribution in [1.29, 1.82) is 0 Å². The van der Waals surface area contributed by atoms with E-state index in [0.29, 0.717) is 29.2 Å². The molecule has 0 aliphatic heterocycles. The van der Waals surface area contributed by atoms with Crippen LogP contribution in [0.25, 0.3) is 16.0 Å². The van der Waals surface area contributed by atoms with Crippen molar-refractivity contribution in [3.05, 3.63) is 87.9 Å². The molecular weight excluding hydrogens is 438 g/mol. The summed E-state index contributed by atoms with van der Waals surface area (Å²) in [6.07, 6.45) is 2.51. The Kier molecular flexibility index (Phi) is 5.52. The number of hydrogen-bond donors (Lipinski definition) is 0. The van der Waals surface area contributed by atoms with Crippen molar-refractivity contribution < 1.29 is 23.0 Å². The minimum absolute atomic E-state index is 0.0645. The molecule has 0 saturated heterocycles. The molecule has 1 aromatic heterocycles. The van der Waals surface area contributed by atoms with E-state index in [1.54, 1.807) is 26.1 Å². The first-order valence-electron chi connectivity index (χ1n) is 11.2. The van der Waals surface area contributed by atoms with E-state index in [4.69, 9.17) is 16.0 Å². The fourth-order valence-electron chi connectivity index (χ4n) is 4.97. The molecule has 2 aliphatic rings. The summed E-state index contributed by atoms with van der Waals surface area (Å²) in [6.45, 7) is 10.9. The normalized spacial score (nSPS) is 19.7. The number of aryl methyl sites for hydroxylation is 1. The Bertz CT molecular complexity index is 1350. The van der Waals surface area contributed by atoms with Crippen molar-refractivity contribution in [1.82, 2.24) is 4.98 Å². The van der Waals surface area contributed by atoms with Gasteiger partial charge < -0.3 is 9.47 Å². The van der Waals surface area contributed by atoms with Crippen LogP contribution in [0, 0.1) is 37.0 Å². The molecule has 1 saturated carbocycles. The van der Waals surface area contributed by atoms with Crippen LogP contribution < -0.4 is 4.74 Å². The van der Waals surface area contributed by atoms with Crippen molar-refractivity contribution in [2.75, 3.05) is 6.61 Å². The smallest absolute Gasteiger partial charge is 0.309 e. The molecule has 7 heteroatoms. The molecule has 1 fully saturated rings. The zero-order valence-electron chi connectivity index (χ0n) is 18.8. The van der Waals surface area contributed by atoms with Gasteiger partial charge in [-0.3, -0.25) is 4.79 Å². The summed E-state index contributed by atoms with van der Waals surface area (Å²) >= 11 is 0. The van der Waals surface area contributed by atoms with Gasteiger partial charge in [0.05, 0.1) is 19.1 Å². The van der Waals surface area contributed by atoms with Gasteiger partial charge in [0, 0.05) is 29.3 Å². The van der Waals surface area contributed by atoms with Gasteiger partial charge in [-0.05, 0) is 66.6 Å². The maximum atomic E-state index is 14.6. The van der Waals surface area contributed by atoms with E-state index in [9.17, 15) is 13.6 Å². The van der Waals surface area contributed by atoms with E-state index < -0.39 is 11.6 Å². The second-order valence-electron chi connectivity index (χ2n) is 8.72. The van der Waals surface area contributed by atoms with E-state index in [-0.39, 0.29) is 41.6 Å². The van der Waals surface area contributed by atoms with Crippen molar-refractivity contribution in [3.63, 3.8) is 0 Å². The zero-order valence-corrected chi connectivity index (χ0v) is 18.8. The van der Waals surface area contributed by atoms with Crippen LogP contribution >= 0.6 is 0 Å². The number of carbonyl (C=O) groups excluding carboxylic acids is 1. The topological polar surface area (TPSA) is 52.8 Å². The number of aromatic nitrogens is 1. The van der Waals surface area contributed by atoms with Crippen LogP contribution in [0.15, 0.2) is 42.6 Å². The predicted molar refractivity (Wildman–Crippen MR) is 121 cm³/mol. The molecule has 2 aromatic carbocycles. The Balaban J connectivity index is 1.33. The molecule has 0 bridgehead atoms. The first kappa shape index (κ1) is 22.0. The largest absolute Gasteiger partial charge is 0.473 e. The molecule has 172 valence electrons. The first-order chi connectivity index (χ1) is 16.4. The third-order valence-corrected chi connectivity index (χ3v) is 6.68. The summed E-state index contributed by atoms with van der Waals surface area (Å²) in [6, 6.07) is 9.02. The minimum atomic E-state index is -0.532. The zero-order chi connectivity index (χ0) is 24.0. The highest BCUT2D eigenvalue weighted by molar-refractivity contribution is 5.79. The second kappa shape index (κ2) is 8.53. The molecule has 3 aromatic rings.